The van der Waals surface area contributed by atoms with Crippen molar-refractivity contribution in [1.29, 1.82) is 0 Å². The molecule has 36 heavy (non-hydrogen) atoms. The van der Waals surface area contributed by atoms with Crippen molar-refractivity contribution < 1.29 is 18.8 Å². The third-order valence-corrected chi connectivity index (χ3v) is 5.70. The van der Waals surface area contributed by atoms with E-state index in [0.717, 1.165) is 12.0 Å². The van der Waals surface area contributed by atoms with Crippen LogP contribution in [0, 0.1) is 12.8 Å². The van der Waals surface area contributed by atoms with Crippen molar-refractivity contribution in [2.24, 2.45) is 5.92 Å². The number of benzene rings is 1. The lowest BCUT2D eigenvalue weighted by atomic mass is 10.0. The van der Waals surface area contributed by atoms with Crippen molar-refractivity contribution in [3.8, 4) is 0 Å². The molecule has 2 N–H and O–H groups in total. The summed E-state index contributed by atoms with van der Waals surface area (Å²) in [5, 5.41) is 5.68. The van der Waals surface area contributed by atoms with Crippen LogP contribution in [0.1, 0.15) is 56.0 Å². The Labute approximate surface area is 212 Å². The maximum absolute atomic E-state index is 13.5. The summed E-state index contributed by atoms with van der Waals surface area (Å²) >= 11 is 0. The molecule has 0 radical (unpaired) electrons. The van der Waals surface area contributed by atoms with Crippen LogP contribution >= 0.6 is 0 Å². The van der Waals surface area contributed by atoms with E-state index in [0.29, 0.717) is 29.6 Å². The Bertz CT molecular complexity index is 1110. The Morgan fingerprint density at radius 3 is 2.42 bits per heavy atom. The fourth-order valence-electron chi connectivity index (χ4n) is 3.70. The van der Waals surface area contributed by atoms with E-state index < -0.39 is 6.04 Å². The number of hydrogen-bond acceptors (Lipinski definition) is 5. The van der Waals surface area contributed by atoms with E-state index in [-0.39, 0.29) is 37.1 Å². The van der Waals surface area contributed by atoms with Crippen molar-refractivity contribution in [2.75, 3.05) is 11.9 Å². The predicted octanol–water partition coefficient (Wildman–Crippen LogP) is 4.63. The molecule has 0 aliphatic rings. The van der Waals surface area contributed by atoms with Gasteiger partial charge in [-0.25, -0.2) is 4.98 Å². The highest BCUT2D eigenvalue weighted by atomic mass is 16.3. The number of carbonyl (C=O) groups excluding carboxylic acids is 3. The second-order valence-corrected chi connectivity index (χ2v) is 9.15. The number of rotatable bonds is 12. The first-order valence-electron chi connectivity index (χ1n) is 12.2. The fraction of sp³-hybridized carbons (Fsp3) is 0.357. The number of anilines is 1. The minimum absolute atomic E-state index is 0.0420. The SMILES string of the molecule is Cc1ccc(C(C(=O)NCCC(C)C)N(Cc2ccco2)C(=O)CCC(=O)Nc2ccccn2)cc1. The molecule has 0 fully saturated rings. The maximum atomic E-state index is 13.5. The largest absolute Gasteiger partial charge is 0.467 e. The van der Waals surface area contributed by atoms with E-state index in [2.05, 4.69) is 29.5 Å². The summed E-state index contributed by atoms with van der Waals surface area (Å²) in [7, 11) is 0. The normalized spacial score (nSPS) is 11.7. The van der Waals surface area contributed by atoms with Crippen LogP contribution in [0.2, 0.25) is 0 Å². The molecule has 3 aromatic rings. The van der Waals surface area contributed by atoms with Crippen LogP contribution in [0.5, 0.6) is 0 Å². The molecule has 0 spiro atoms. The van der Waals surface area contributed by atoms with E-state index in [1.165, 1.54) is 11.2 Å². The molecule has 1 unspecified atom stereocenters. The molecule has 0 saturated carbocycles. The Morgan fingerprint density at radius 1 is 1.00 bits per heavy atom. The molecule has 8 heteroatoms. The first kappa shape index (κ1) is 26.7. The lowest BCUT2D eigenvalue weighted by molar-refractivity contribution is -0.142. The highest BCUT2D eigenvalue weighted by Gasteiger charge is 2.32. The van der Waals surface area contributed by atoms with Gasteiger partial charge in [-0.2, -0.15) is 0 Å². The van der Waals surface area contributed by atoms with E-state index >= 15 is 0 Å². The Kier molecular flexibility index (Phi) is 9.80. The van der Waals surface area contributed by atoms with Gasteiger partial charge in [-0.3, -0.25) is 14.4 Å². The van der Waals surface area contributed by atoms with Gasteiger partial charge in [0.2, 0.25) is 17.7 Å². The number of aryl methyl sites for hydroxylation is 1. The van der Waals surface area contributed by atoms with Crippen LogP contribution in [0.4, 0.5) is 5.82 Å². The molecule has 2 heterocycles. The molecule has 0 saturated heterocycles. The average molecular weight is 491 g/mol. The first-order chi connectivity index (χ1) is 17.3. The number of pyridine rings is 1. The number of nitrogens with one attached hydrogen (secondary N) is 2. The molecule has 1 atom stereocenters. The van der Waals surface area contributed by atoms with Gasteiger partial charge < -0.3 is 20.0 Å². The molecule has 3 rings (SSSR count). The quantitative estimate of drug-likeness (QED) is 0.385. The molecule has 0 bridgehead atoms. The van der Waals surface area contributed by atoms with Gasteiger partial charge >= 0.3 is 0 Å². The molecule has 3 amide bonds. The second-order valence-electron chi connectivity index (χ2n) is 9.15. The Morgan fingerprint density at radius 2 is 1.78 bits per heavy atom. The van der Waals surface area contributed by atoms with Gasteiger partial charge in [-0.1, -0.05) is 49.7 Å². The second kappa shape index (κ2) is 13.2. The minimum Gasteiger partial charge on any atom is -0.467 e. The number of aromatic nitrogens is 1. The van der Waals surface area contributed by atoms with E-state index in [4.69, 9.17) is 4.42 Å². The zero-order valence-electron chi connectivity index (χ0n) is 21.1. The Balaban J connectivity index is 1.81. The molecule has 0 aliphatic heterocycles. The van der Waals surface area contributed by atoms with Crippen molar-refractivity contribution >= 4 is 23.5 Å². The summed E-state index contributed by atoms with van der Waals surface area (Å²) in [6.07, 6.45) is 3.82. The summed E-state index contributed by atoms with van der Waals surface area (Å²) < 4.78 is 5.50. The molecule has 0 aliphatic carbocycles. The number of hydrogen-bond donors (Lipinski definition) is 2. The smallest absolute Gasteiger partial charge is 0.247 e. The zero-order valence-corrected chi connectivity index (χ0v) is 21.1. The molecular formula is C28H34N4O4. The number of carbonyl (C=O) groups is 3. The highest BCUT2D eigenvalue weighted by molar-refractivity contribution is 5.94. The van der Waals surface area contributed by atoms with Crippen molar-refractivity contribution in [2.45, 2.75) is 52.6 Å². The molecule has 190 valence electrons. The zero-order chi connectivity index (χ0) is 25.9. The van der Waals surface area contributed by atoms with Crippen LogP contribution < -0.4 is 10.6 Å². The third kappa shape index (κ3) is 8.08. The van der Waals surface area contributed by atoms with Crippen molar-refractivity contribution in [3.05, 3.63) is 83.9 Å². The monoisotopic (exact) mass is 490 g/mol. The topological polar surface area (TPSA) is 105 Å². The summed E-state index contributed by atoms with van der Waals surface area (Å²) in [5.74, 6) is 0.484. The third-order valence-electron chi connectivity index (χ3n) is 5.70. The van der Waals surface area contributed by atoms with Gasteiger partial charge in [0.25, 0.3) is 0 Å². The van der Waals surface area contributed by atoms with Crippen LogP contribution in [0.3, 0.4) is 0 Å². The van der Waals surface area contributed by atoms with E-state index in [1.54, 1.807) is 36.5 Å². The number of furan rings is 1. The van der Waals surface area contributed by atoms with Gasteiger partial charge in [0.15, 0.2) is 0 Å². The van der Waals surface area contributed by atoms with Crippen molar-refractivity contribution in [1.82, 2.24) is 15.2 Å². The van der Waals surface area contributed by atoms with Gasteiger partial charge in [0, 0.05) is 25.6 Å². The van der Waals surface area contributed by atoms with Gasteiger partial charge in [-0.05, 0) is 49.1 Å². The maximum Gasteiger partial charge on any atom is 0.247 e. The summed E-state index contributed by atoms with van der Waals surface area (Å²) in [6, 6.07) is 15.4. The summed E-state index contributed by atoms with van der Waals surface area (Å²) in [5.41, 5.74) is 1.74. The van der Waals surface area contributed by atoms with Crippen molar-refractivity contribution in [3.63, 3.8) is 0 Å². The molecule has 1 aromatic carbocycles. The lowest BCUT2D eigenvalue weighted by Crippen LogP contribution is -2.44. The standard InChI is InChI=1S/C28H34N4O4/c1-20(2)15-17-30-28(35)27(22-11-9-21(3)10-12-22)32(19-23-7-6-18-36-23)26(34)14-13-25(33)31-24-8-4-5-16-29-24/h4-12,16,18,20,27H,13-15,17,19H2,1-3H3,(H,30,35)(H,29,31,33). The first-order valence-corrected chi connectivity index (χ1v) is 12.2. The van der Waals surface area contributed by atoms with Crippen LogP contribution in [-0.4, -0.2) is 34.2 Å². The fourth-order valence-corrected chi connectivity index (χ4v) is 3.70. The predicted molar refractivity (Wildman–Crippen MR) is 138 cm³/mol. The van der Waals surface area contributed by atoms with Crippen LogP contribution in [0.15, 0.2) is 71.5 Å². The van der Waals surface area contributed by atoms with Gasteiger partial charge in [-0.15, -0.1) is 0 Å². The number of amides is 3. The summed E-state index contributed by atoms with van der Waals surface area (Å²) in [6.45, 7) is 6.75. The lowest BCUT2D eigenvalue weighted by Gasteiger charge is -2.31. The highest BCUT2D eigenvalue weighted by Crippen LogP contribution is 2.26. The molecule has 2 aromatic heterocycles. The molecule has 8 nitrogen and oxygen atoms in total. The van der Waals surface area contributed by atoms with Crippen LogP contribution in [-0.2, 0) is 20.9 Å². The average Bonchev–Trinajstić information content (AvgIpc) is 3.37. The van der Waals surface area contributed by atoms with Gasteiger partial charge in [0.1, 0.15) is 17.6 Å². The van der Waals surface area contributed by atoms with Gasteiger partial charge in [0.05, 0.1) is 12.8 Å². The summed E-state index contributed by atoms with van der Waals surface area (Å²) in [4.78, 5) is 45.0. The molecular weight excluding hydrogens is 456 g/mol. The minimum atomic E-state index is -0.866. The Hall–Kier alpha value is -3.94. The van der Waals surface area contributed by atoms with E-state index in [1.807, 2.05) is 31.2 Å². The van der Waals surface area contributed by atoms with Crippen LogP contribution in [0.25, 0.3) is 0 Å². The number of nitrogens with zero attached hydrogens (tertiary/aromatic N) is 2. The van der Waals surface area contributed by atoms with E-state index in [9.17, 15) is 14.4 Å².